The van der Waals surface area contributed by atoms with Gasteiger partial charge in [-0.3, -0.25) is 0 Å². The molecule has 0 saturated carbocycles. The normalized spacial score (nSPS) is 8.08. The van der Waals surface area contributed by atoms with Crippen LogP contribution in [0.1, 0.15) is 5.56 Å². The Hall–Kier alpha value is -0.351. The molecule has 1 unspecified atom stereocenters. The van der Waals surface area contributed by atoms with Crippen molar-refractivity contribution in [3.63, 3.8) is 0 Å². The first kappa shape index (κ1) is 12.6. The van der Waals surface area contributed by atoms with Crippen molar-refractivity contribution in [2.24, 2.45) is 0 Å². The fraction of sp³-hybridized carbons (Fsp3) is 0.0909. The molecule has 0 aliphatic heterocycles. The maximum Gasteiger partial charge on any atom is 2.00 e. The van der Waals surface area contributed by atoms with Crippen molar-refractivity contribution >= 4 is 9.24 Å². The molecule has 0 bridgehead atoms. The van der Waals surface area contributed by atoms with Crippen LogP contribution in [-0.4, -0.2) is 0 Å². The van der Waals surface area contributed by atoms with E-state index in [1.807, 2.05) is 30.3 Å². The van der Waals surface area contributed by atoms with Crippen LogP contribution < -0.4 is 0 Å². The molecule has 0 aliphatic rings. The molecule has 0 fully saturated rings. The molecule has 2 aromatic rings. The summed E-state index contributed by atoms with van der Waals surface area (Å²) < 4.78 is 0. The predicted molar refractivity (Wildman–Crippen MR) is 57.5 cm³/mol. The second kappa shape index (κ2) is 8.26. The molecule has 2 aromatic carbocycles. The second-order valence-corrected chi connectivity index (χ2v) is 2.87. The van der Waals surface area contributed by atoms with Gasteiger partial charge in [-0.1, -0.05) is 6.16 Å². The third kappa shape index (κ3) is 5.82. The minimum Gasteiger partial charge on any atom is -0.214 e. The number of rotatable bonds is 1. The molecule has 70 valence electrons. The van der Waals surface area contributed by atoms with Gasteiger partial charge in [-0.25, -0.2) is 24.3 Å². The van der Waals surface area contributed by atoms with Crippen LogP contribution in [0.3, 0.4) is 0 Å². The summed E-state index contributed by atoms with van der Waals surface area (Å²) in [5.74, 6) is 0. The van der Waals surface area contributed by atoms with Gasteiger partial charge >= 0.3 is 17.1 Å². The zero-order chi connectivity index (χ0) is 8.65. The molecule has 0 spiro atoms. The number of hydrogen-bond acceptors (Lipinski definition) is 0. The quantitative estimate of drug-likeness (QED) is 0.402. The van der Waals surface area contributed by atoms with Crippen LogP contribution in [0.4, 0.5) is 0 Å². The molecule has 1 atom stereocenters. The first-order valence-corrected chi connectivity index (χ1v) is 4.82. The van der Waals surface area contributed by atoms with Crippen molar-refractivity contribution in [1.82, 2.24) is 0 Å². The third-order valence-electron chi connectivity index (χ3n) is 1.52. The standard InChI is InChI=1S/C6H8P.C5H5.Fe/c7-5-6-3-1-2-4-6;1-2-4-5-3-1;/h1-4H,5,7H2;1-5H;/q2*-1;+2. The molecule has 0 nitrogen and oxygen atoms in total. The van der Waals surface area contributed by atoms with Gasteiger partial charge in [0.2, 0.25) is 0 Å². The van der Waals surface area contributed by atoms with Gasteiger partial charge in [-0.05, 0) is 0 Å². The van der Waals surface area contributed by atoms with Crippen molar-refractivity contribution in [3.8, 4) is 0 Å². The van der Waals surface area contributed by atoms with E-state index in [0.717, 1.165) is 6.16 Å². The topological polar surface area (TPSA) is 0 Å². The molecule has 0 saturated heterocycles. The fourth-order valence-electron chi connectivity index (χ4n) is 0.871. The summed E-state index contributed by atoms with van der Waals surface area (Å²) in [6, 6.07) is 18.3. The molecule has 0 radical (unpaired) electrons. The summed E-state index contributed by atoms with van der Waals surface area (Å²) in [7, 11) is 2.68. The summed E-state index contributed by atoms with van der Waals surface area (Å²) in [5.41, 5.74) is 1.39. The van der Waals surface area contributed by atoms with Crippen LogP contribution in [0, 0.1) is 0 Å². The van der Waals surface area contributed by atoms with E-state index in [2.05, 4.69) is 33.5 Å². The monoisotopic (exact) mass is 232 g/mol. The Morgan fingerprint density at radius 1 is 1.00 bits per heavy atom. The van der Waals surface area contributed by atoms with Crippen molar-refractivity contribution in [2.75, 3.05) is 0 Å². The summed E-state index contributed by atoms with van der Waals surface area (Å²) in [4.78, 5) is 0. The average Bonchev–Trinajstić information content (AvgIpc) is 2.81. The Balaban J connectivity index is 0.000000215. The Morgan fingerprint density at radius 2 is 1.54 bits per heavy atom. The van der Waals surface area contributed by atoms with E-state index in [-0.39, 0.29) is 17.1 Å². The molecule has 0 aliphatic carbocycles. The minimum atomic E-state index is 0. The number of hydrogen-bond donors (Lipinski definition) is 0. The maximum absolute atomic E-state index is 2.68. The van der Waals surface area contributed by atoms with Crippen molar-refractivity contribution in [2.45, 2.75) is 6.16 Å². The van der Waals surface area contributed by atoms with E-state index in [9.17, 15) is 0 Å². The van der Waals surface area contributed by atoms with E-state index in [4.69, 9.17) is 0 Å². The van der Waals surface area contributed by atoms with Gasteiger partial charge in [-0.15, -0.1) is 9.24 Å². The molecular weight excluding hydrogens is 219 g/mol. The Bertz CT molecular complexity index is 241. The summed E-state index contributed by atoms with van der Waals surface area (Å²) in [6.45, 7) is 0. The molecule has 0 aromatic heterocycles. The van der Waals surface area contributed by atoms with Gasteiger partial charge in [0.25, 0.3) is 0 Å². The first-order valence-electron chi connectivity index (χ1n) is 4.01. The zero-order valence-corrected chi connectivity index (χ0v) is 9.59. The SMILES string of the molecule is PC[c-]1cccc1.[Fe+2].c1cc[cH-]c1. The van der Waals surface area contributed by atoms with Crippen molar-refractivity contribution in [1.29, 1.82) is 0 Å². The van der Waals surface area contributed by atoms with Crippen molar-refractivity contribution < 1.29 is 17.1 Å². The maximum atomic E-state index is 2.68. The van der Waals surface area contributed by atoms with E-state index in [0.29, 0.717) is 0 Å². The van der Waals surface area contributed by atoms with Gasteiger partial charge in [0.05, 0.1) is 0 Å². The predicted octanol–water partition coefficient (Wildman–Crippen LogP) is 3.18. The van der Waals surface area contributed by atoms with Crippen LogP contribution in [0.25, 0.3) is 0 Å². The molecular formula is C11H13FeP. The summed E-state index contributed by atoms with van der Waals surface area (Å²) >= 11 is 0. The second-order valence-electron chi connectivity index (χ2n) is 2.46. The molecule has 0 heterocycles. The Kier molecular flexibility index (Phi) is 8.03. The van der Waals surface area contributed by atoms with Crippen molar-refractivity contribution in [3.05, 3.63) is 60.2 Å². The molecule has 2 rings (SSSR count). The van der Waals surface area contributed by atoms with Gasteiger partial charge < -0.3 is 0 Å². The van der Waals surface area contributed by atoms with E-state index in [1.54, 1.807) is 0 Å². The summed E-state index contributed by atoms with van der Waals surface area (Å²) in [6.07, 6.45) is 1.08. The van der Waals surface area contributed by atoms with Crippen LogP contribution in [0.15, 0.2) is 54.6 Å². The van der Waals surface area contributed by atoms with Gasteiger partial charge in [0, 0.05) is 0 Å². The first-order chi connectivity index (χ1) is 5.93. The van der Waals surface area contributed by atoms with Crippen LogP contribution >= 0.6 is 9.24 Å². The zero-order valence-electron chi connectivity index (χ0n) is 7.33. The van der Waals surface area contributed by atoms with Crippen LogP contribution in [0.2, 0.25) is 0 Å². The molecule has 13 heavy (non-hydrogen) atoms. The van der Waals surface area contributed by atoms with Crippen LogP contribution in [-0.2, 0) is 23.2 Å². The van der Waals surface area contributed by atoms with Crippen LogP contribution in [0.5, 0.6) is 0 Å². The third-order valence-corrected chi connectivity index (χ3v) is 1.99. The van der Waals surface area contributed by atoms with Gasteiger partial charge in [0.1, 0.15) is 0 Å². The van der Waals surface area contributed by atoms with E-state index < -0.39 is 0 Å². The smallest absolute Gasteiger partial charge is 0.214 e. The summed E-state index contributed by atoms with van der Waals surface area (Å²) in [5, 5.41) is 0. The minimum absolute atomic E-state index is 0. The van der Waals surface area contributed by atoms with Gasteiger partial charge in [0.15, 0.2) is 0 Å². The van der Waals surface area contributed by atoms with E-state index in [1.165, 1.54) is 5.56 Å². The largest absolute Gasteiger partial charge is 2.00 e. The Morgan fingerprint density at radius 3 is 1.77 bits per heavy atom. The Labute approximate surface area is 92.8 Å². The molecule has 0 N–H and O–H groups in total. The fourth-order valence-corrected chi connectivity index (χ4v) is 1.14. The average molecular weight is 232 g/mol. The molecule has 2 heteroatoms. The van der Waals surface area contributed by atoms with Gasteiger partial charge in [-0.2, -0.15) is 35.9 Å². The molecule has 0 amide bonds. The van der Waals surface area contributed by atoms with E-state index >= 15 is 0 Å².